The average Bonchev–Trinajstić information content (AvgIpc) is 3.28. The van der Waals surface area contributed by atoms with Gasteiger partial charge in [-0.3, -0.25) is 14.4 Å². The van der Waals surface area contributed by atoms with Gasteiger partial charge in [0.05, 0.1) is 6.26 Å². The van der Waals surface area contributed by atoms with Crippen LogP contribution in [0.3, 0.4) is 0 Å². The standard InChI is InChI=1S/C23H20N2O5/c1-16(26)30-19-11-9-17(10-12-19)14-20(25-23(28)21-8-5-13-29-21)22(27)24-15-18-6-3-2-4-7-18/h2-14H,15H2,1H3,(H,24,27)(H,25,28)/b20-14-. The van der Waals surface area contributed by atoms with Crippen molar-refractivity contribution in [1.82, 2.24) is 10.6 Å². The third kappa shape index (κ3) is 5.93. The molecule has 0 fully saturated rings. The van der Waals surface area contributed by atoms with Gasteiger partial charge in [-0.25, -0.2) is 0 Å². The van der Waals surface area contributed by atoms with Crippen LogP contribution in [0.15, 0.2) is 83.1 Å². The van der Waals surface area contributed by atoms with Gasteiger partial charge in [-0.05, 0) is 41.5 Å². The maximum atomic E-state index is 12.7. The van der Waals surface area contributed by atoms with Crippen molar-refractivity contribution in [3.05, 3.63) is 95.6 Å². The highest BCUT2D eigenvalue weighted by Crippen LogP contribution is 2.15. The Kier molecular flexibility index (Phi) is 6.78. The summed E-state index contributed by atoms with van der Waals surface area (Å²) < 4.78 is 10.1. The van der Waals surface area contributed by atoms with Gasteiger partial charge in [-0.2, -0.15) is 0 Å². The third-order valence-corrected chi connectivity index (χ3v) is 3.99. The lowest BCUT2D eigenvalue weighted by molar-refractivity contribution is -0.131. The summed E-state index contributed by atoms with van der Waals surface area (Å²) >= 11 is 0. The first-order chi connectivity index (χ1) is 14.5. The van der Waals surface area contributed by atoms with Crippen molar-refractivity contribution in [2.24, 2.45) is 0 Å². The summed E-state index contributed by atoms with van der Waals surface area (Å²) in [5.41, 5.74) is 1.61. The Morgan fingerprint density at radius 1 is 0.967 bits per heavy atom. The van der Waals surface area contributed by atoms with E-state index in [9.17, 15) is 14.4 Å². The summed E-state index contributed by atoms with van der Waals surface area (Å²) in [6.07, 6.45) is 2.90. The Morgan fingerprint density at radius 3 is 2.33 bits per heavy atom. The molecule has 0 saturated carbocycles. The molecular formula is C23H20N2O5. The highest BCUT2D eigenvalue weighted by molar-refractivity contribution is 6.04. The summed E-state index contributed by atoms with van der Waals surface area (Å²) in [6.45, 7) is 1.62. The quantitative estimate of drug-likeness (QED) is 0.358. The van der Waals surface area contributed by atoms with Crippen LogP contribution in [0.25, 0.3) is 6.08 Å². The molecule has 0 aliphatic heterocycles. The van der Waals surface area contributed by atoms with Gasteiger partial charge in [-0.15, -0.1) is 0 Å². The van der Waals surface area contributed by atoms with Crippen LogP contribution in [0.5, 0.6) is 5.75 Å². The molecule has 0 spiro atoms. The van der Waals surface area contributed by atoms with Gasteiger partial charge in [-0.1, -0.05) is 42.5 Å². The van der Waals surface area contributed by atoms with Crippen molar-refractivity contribution in [3.8, 4) is 5.75 Å². The predicted molar refractivity (Wildman–Crippen MR) is 110 cm³/mol. The molecule has 7 nitrogen and oxygen atoms in total. The molecule has 1 aromatic heterocycles. The van der Waals surface area contributed by atoms with Gasteiger partial charge >= 0.3 is 5.97 Å². The second-order valence-electron chi connectivity index (χ2n) is 6.32. The first kappa shape index (κ1) is 20.6. The molecule has 3 rings (SSSR count). The van der Waals surface area contributed by atoms with Crippen LogP contribution in [0.2, 0.25) is 0 Å². The van der Waals surface area contributed by atoms with E-state index >= 15 is 0 Å². The van der Waals surface area contributed by atoms with E-state index in [2.05, 4.69) is 10.6 Å². The van der Waals surface area contributed by atoms with Crippen LogP contribution >= 0.6 is 0 Å². The van der Waals surface area contributed by atoms with E-state index in [0.29, 0.717) is 17.9 Å². The lowest BCUT2D eigenvalue weighted by Gasteiger charge is -2.11. The minimum Gasteiger partial charge on any atom is -0.459 e. The fraction of sp³-hybridized carbons (Fsp3) is 0.0870. The largest absolute Gasteiger partial charge is 0.459 e. The monoisotopic (exact) mass is 404 g/mol. The topological polar surface area (TPSA) is 97.6 Å². The smallest absolute Gasteiger partial charge is 0.308 e. The average molecular weight is 404 g/mol. The number of amides is 2. The second kappa shape index (κ2) is 9.88. The van der Waals surface area contributed by atoms with Gasteiger partial charge < -0.3 is 19.8 Å². The summed E-state index contributed by atoms with van der Waals surface area (Å²) in [5.74, 6) is -0.957. The van der Waals surface area contributed by atoms with Gasteiger partial charge in [0.25, 0.3) is 11.8 Å². The first-order valence-corrected chi connectivity index (χ1v) is 9.18. The summed E-state index contributed by atoms with van der Waals surface area (Å²) in [4.78, 5) is 36.2. The fourth-order valence-corrected chi connectivity index (χ4v) is 2.59. The summed E-state index contributed by atoms with van der Waals surface area (Å²) in [7, 11) is 0. The predicted octanol–water partition coefficient (Wildman–Crippen LogP) is 3.29. The van der Waals surface area contributed by atoms with Crippen molar-refractivity contribution < 1.29 is 23.5 Å². The van der Waals surface area contributed by atoms with Crippen LogP contribution in [-0.4, -0.2) is 17.8 Å². The fourth-order valence-electron chi connectivity index (χ4n) is 2.59. The molecule has 152 valence electrons. The normalized spacial score (nSPS) is 10.9. The molecule has 0 aliphatic carbocycles. The zero-order valence-electron chi connectivity index (χ0n) is 16.3. The Morgan fingerprint density at radius 2 is 1.70 bits per heavy atom. The number of hydrogen-bond donors (Lipinski definition) is 2. The molecule has 2 aromatic carbocycles. The number of furan rings is 1. The van der Waals surface area contributed by atoms with Crippen molar-refractivity contribution in [3.63, 3.8) is 0 Å². The molecule has 0 radical (unpaired) electrons. The highest BCUT2D eigenvalue weighted by atomic mass is 16.5. The van der Waals surface area contributed by atoms with E-state index < -0.39 is 17.8 Å². The molecular weight excluding hydrogens is 384 g/mol. The van der Waals surface area contributed by atoms with E-state index in [4.69, 9.17) is 9.15 Å². The molecule has 1 heterocycles. The summed E-state index contributed by atoms with van der Waals surface area (Å²) in [5, 5.41) is 5.37. The summed E-state index contributed by atoms with van der Waals surface area (Å²) in [6, 6.07) is 19.0. The number of nitrogens with one attached hydrogen (secondary N) is 2. The molecule has 30 heavy (non-hydrogen) atoms. The Bertz CT molecular complexity index is 1040. The zero-order chi connectivity index (χ0) is 21.3. The zero-order valence-corrected chi connectivity index (χ0v) is 16.3. The molecule has 0 unspecified atom stereocenters. The minimum absolute atomic E-state index is 0.0487. The van der Waals surface area contributed by atoms with E-state index in [0.717, 1.165) is 5.56 Å². The Labute approximate surface area is 173 Å². The second-order valence-corrected chi connectivity index (χ2v) is 6.32. The molecule has 0 bridgehead atoms. The first-order valence-electron chi connectivity index (χ1n) is 9.18. The maximum Gasteiger partial charge on any atom is 0.308 e. The van der Waals surface area contributed by atoms with Crippen molar-refractivity contribution in [2.45, 2.75) is 13.5 Å². The van der Waals surface area contributed by atoms with Gasteiger partial charge in [0.2, 0.25) is 0 Å². The lowest BCUT2D eigenvalue weighted by atomic mass is 10.1. The third-order valence-electron chi connectivity index (χ3n) is 3.99. The molecule has 7 heteroatoms. The number of esters is 1. The number of ether oxygens (including phenoxy) is 1. The number of rotatable bonds is 7. The van der Waals surface area contributed by atoms with Crippen LogP contribution in [0, 0.1) is 0 Å². The lowest BCUT2D eigenvalue weighted by Crippen LogP contribution is -2.34. The van der Waals surface area contributed by atoms with Crippen LogP contribution in [0.4, 0.5) is 0 Å². The van der Waals surface area contributed by atoms with Crippen molar-refractivity contribution in [1.29, 1.82) is 0 Å². The van der Waals surface area contributed by atoms with E-state index in [1.807, 2.05) is 30.3 Å². The molecule has 0 aliphatic rings. The van der Waals surface area contributed by atoms with E-state index in [1.165, 1.54) is 25.3 Å². The molecule has 3 aromatic rings. The SMILES string of the molecule is CC(=O)Oc1ccc(/C=C(\NC(=O)c2ccco2)C(=O)NCc2ccccc2)cc1. The highest BCUT2D eigenvalue weighted by Gasteiger charge is 2.16. The van der Waals surface area contributed by atoms with Gasteiger partial charge in [0, 0.05) is 13.5 Å². The molecule has 2 N–H and O–H groups in total. The molecule has 0 saturated heterocycles. The molecule has 0 atom stereocenters. The number of carbonyl (C=O) groups is 3. The van der Waals surface area contributed by atoms with Gasteiger partial charge in [0.15, 0.2) is 5.76 Å². The Balaban J connectivity index is 1.78. The maximum absolute atomic E-state index is 12.7. The molecule has 2 amide bonds. The van der Waals surface area contributed by atoms with Crippen LogP contribution in [0.1, 0.15) is 28.6 Å². The van der Waals surface area contributed by atoms with E-state index in [1.54, 1.807) is 30.3 Å². The minimum atomic E-state index is -0.544. The number of carbonyl (C=O) groups excluding carboxylic acids is 3. The van der Waals surface area contributed by atoms with Crippen LogP contribution in [-0.2, 0) is 16.1 Å². The van der Waals surface area contributed by atoms with Crippen molar-refractivity contribution in [2.75, 3.05) is 0 Å². The van der Waals surface area contributed by atoms with Gasteiger partial charge in [0.1, 0.15) is 11.4 Å². The Hall–Kier alpha value is -4.13. The number of hydrogen-bond acceptors (Lipinski definition) is 5. The van der Waals surface area contributed by atoms with E-state index in [-0.39, 0.29) is 11.5 Å². The van der Waals surface area contributed by atoms with Crippen LogP contribution < -0.4 is 15.4 Å². The van der Waals surface area contributed by atoms with Crippen molar-refractivity contribution >= 4 is 23.9 Å². The number of benzene rings is 2.